The van der Waals surface area contributed by atoms with E-state index < -0.39 is 34.3 Å². The van der Waals surface area contributed by atoms with Crippen LogP contribution in [-0.4, -0.2) is 45.0 Å². The molecule has 1 heterocycles. The van der Waals surface area contributed by atoms with Crippen LogP contribution in [0.15, 0.2) is 47.4 Å². The molecule has 6 nitrogen and oxygen atoms in total. The maximum Gasteiger partial charge on any atom is 0.416 e. The number of alkyl halides is 3. The Morgan fingerprint density at radius 3 is 2.47 bits per heavy atom. The molecule has 30 heavy (non-hydrogen) atoms. The van der Waals surface area contributed by atoms with Gasteiger partial charge in [-0.3, -0.25) is 0 Å². The first-order valence-corrected chi connectivity index (χ1v) is 10.6. The predicted octanol–water partition coefficient (Wildman–Crippen LogP) is 3.74. The number of benzene rings is 2. The molecule has 0 atom stereocenters. The van der Waals surface area contributed by atoms with Crippen molar-refractivity contribution in [2.45, 2.75) is 17.7 Å². The second kappa shape index (κ2) is 8.93. The molecule has 1 aliphatic heterocycles. The summed E-state index contributed by atoms with van der Waals surface area (Å²) in [6, 6.07) is 8.23. The van der Waals surface area contributed by atoms with Crippen molar-refractivity contribution in [2.75, 3.05) is 26.3 Å². The molecule has 11 heteroatoms. The molecule has 0 spiro atoms. The molecule has 162 valence electrons. The number of nitrogens with zero attached hydrogens (tertiary/aromatic N) is 1. The summed E-state index contributed by atoms with van der Waals surface area (Å²) in [7, 11) is -3.89. The van der Waals surface area contributed by atoms with Gasteiger partial charge in [0.15, 0.2) is 0 Å². The fourth-order valence-corrected chi connectivity index (χ4v) is 4.53. The van der Waals surface area contributed by atoms with Crippen molar-refractivity contribution >= 4 is 27.6 Å². The van der Waals surface area contributed by atoms with Gasteiger partial charge in [0.05, 0.1) is 34.3 Å². The molecule has 3 rings (SSSR count). The molecule has 1 saturated heterocycles. The Labute approximate surface area is 176 Å². The minimum Gasteiger partial charge on any atom is -0.457 e. The van der Waals surface area contributed by atoms with E-state index in [4.69, 9.17) is 21.1 Å². The number of rotatable bonds is 5. The van der Waals surface area contributed by atoms with Crippen LogP contribution in [0.1, 0.15) is 21.5 Å². The lowest BCUT2D eigenvalue weighted by molar-refractivity contribution is -0.138. The van der Waals surface area contributed by atoms with Crippen molar-refractivity contribution in [1.82, 2.24) is 4.31 Å². The molecule has 0 aliphatic carbocycles. The van der Waals surface area contributed by atoms with Gasteiger partial charge in [0.2, 0.25) is 10.0 Å². The lowest BCUT2D eigenvalue weighted by atomic mass is 10.1. The lowest BCUT2D eigenvalue weighted by Crippen LogP contribution is -2.40. The third-order valence-corrected chi connectivity index (χ3v) is 6.67. The van der Waals surface area contributed by atoms with Gasteiger partial charge in [0, 0.05) is 18.7 Å². The first kappa shape index (κ1) is 22.5. The van der Waals surface area contributed by atoms with Gasteiger partial charge >= 0.3 is 12.1 Å². The van der Waals surface area contributed by atoms with Gasteiger partial charge in [0.1, 0.15) is 6.61 Å². The number of morpholine rings is 1. The Morgan fingerprint density at radius 2 is 1.80 bits per heavy atom. The molecule has 0 aromatic heterocycles. The highest BCUT2D eigenvalue weighted by atomic mass is 35.5. The van der Waals surface area contributed by atoms with E-state index in [-0.39, 0.29) is 47.3 Å². The first-order valence-electron chi connectivity index (χ1n) is 8.80. The Hall–Kier alpha value is -2.14. The minimum atomic E-state index is -4.60. The number of sulfonamides is 1. The number of esters is 1. The zero-order valence-electron chi connectivity index (χ0n) is 15.5. The molecule has 0 radical (unpaired) electrons. The van der Waals surface area contributed by atoms with Crippen LogP contribution in [0.3, 0.4) is 0 Å². The molecule has 0 bridgehead atoms. The molecule has 0 saturated carbocycles. The molecule has 0 unspecified atom stereocenters. The SMILES string of the molecule is O=C(OCc1ccccc1C(F)(F)F)c1cc(S(=O)(=O)N2CCOCC2)ccc1Cl. The van der Waals surface area contributed by atoms with Crippen molar-refractivity contribution in [3.63, 3.8) is 0 Å². The average Bonchev–Trinajstić information content (AvgIpc) is 2.72. The first-order chi connectivity index (χ1) is 14.1. The molecular formula is C19H17ClF3NO5S. The van der Waals surface area contributed by atoms with Gasteiger partial charge in [-0.1, -0.05) is 29.8 Å². The summed E-state index contributed by atoms with van der Waals surface area (Å²) < 4.78 is 76.1. The van der Waals surface area contributed by atoms with Crippen LogP contribution in [0.4, 0.5) is 13.2 Å². The zero-order chi connectivity index (χ0) is 21.9. The van der Waals surface area contributed by atoms with E-state index in [1.54, 1.807) is 0 Å². The smallest absolute Gasteiger partial charge is 0.416 e. The predicted molar refractivity (Wildman–Crippen MR) is 102 cm³/mol. The summed E-state index contributed by atoms with van der Waals surface area (Å²) >= 11 is 6.00. The van der Waals surface area contributed by atoms with E-state index in [1.165, 1.54) is 34.6 Å². The van der Waals surface area contributed by atoms with Gasteiger partial charge in [0.25, 0.3) is 0 Å². The number of carbonyl (C=O) groups excluding carboxylic acids is 1. The number of hydrogen-bond donors (Lipinski definition) is 0. The van der Waals surface area contributed by atoms with E-state index in [1.807, 2.05) is 0 Å². The van der Waals surface area contributed by atoms with Crippen LogP contribution >= 0.6 is 11.6 Å². The quantitative estimate of drug-likeness (QED) is 0.632. The van der Waals surface area contributed by atoms with Crippen LogP contribution < -0.4 is 0 Å². The molecule has 1 fully saturated rings. The van der Waals surface area contributed by atoms with Crippen LogP contribution in [-0.2, 0) is 32.3 Å². The molecule has 0 N–H and O–H groups in total. The summed E-state index contributed by atoms with van der Waals surface area (Å²) in [5.41, 5.74) is -1.41. The largest absolute Gasteiger partial charge is 0.457 e. The summed E-state index contributed by atoms with van der Waals surface area (Å²) in [6.45, 7) is 0.184. The number of hydrogen-bond acceptors (Lipinski definition) is 5. The summed E-state index contributed by atoms with van der Waals surface area (Å²) in [5.74, 6) is -1.03. The molecular weight excluding hydrogens is 447 g/mol. The highest BCUT2D eigenvalue weighted by Crippen LogP contribution is 2.32. The van der Waals surface area contributed by atoms with E-state index >= 15 is 0 Å². The average molecular weight is 464 g/mol. The van der Waals surface area contributed by atoms with E-state index in [0.29, 0.717) is 0 Å². The maximum atomic E-state index is 13.1. The van der Waals surface area contributed by atoms with Crippen molar-refractivity contribution in [2.24, 2.45) is 0 Å². The van der Waals surface area contributed by atoms with Crippen molar-refractivity contribution in [1.29, 1.82) is 0 Å². The van der Waals surface area contributed by atoms with Crippen LogP contribution in [0.2, 0.25) is 5.02 Å². The van der Waals surface area contributed by atoms with Gasteiger partial charge in [-0.2, -0.15) is 17.5 Å². The van der Waals surface area contributed by atoms with Gasteiger partial charge < -0.3 is 9.47 Å². The molecule has 2 aromatic rings. The Morgan fingerprint density at radius 1 is 1.13 bits per heavy atom. The van der Waals surface area contributed by atoms with Gasteiger partial charge in [-0.15, -0.1) is 0 Å². The van der Waals surface area contributed by atoms with Gasteiger partial charge in [-0.25, -0.2) is 13.2 Å². The highest BCUT2D eigenvalue weighted by Gasteiger charge is 2.33. The molecule has 2 aromatic carbocycles. The summed E-state index contributed by atoms with van der Waals surface area (Å²) in [4.78, 5) is 12.3. The Bertz CT molecular complexity index is 1040. The minimum absolute atomic E-state index is 0.0787. The number of carbonyl (C=O) groups is 1. The second-order valence-corrected chi connectivity index (χ2v) is 8.73. The standard InChI is InChI=1S/C19H17ClF3NO5S/c20-17-6-5-14(30(26,27)24-7-9-28-10-8-24)11-15(17)18(25)29-12-13-3-1-2-4-16(13)19(21,22)23/h1-6,11H,7-10,12H2. The molecule has 0 amide bonds. The normalized spacial score (nSPS) is 15.7. The van der Waals surface area contributed by atoms with Crippen LogP contribution in [0, 0.1) is 0 Å². The summed E-state index contributed by atoms with van der Waals surface area (Å²) in [6.07, 6.45) is -4.60. The lowest BCUT2D eigenvalue weighted by Gasteiger charge is -2.26. The van der Waals surface area contributed by atoms with Crippen molar-refractivity contribution in [3.8, 4) is 0 Å². The van der Waals surface area contributed by atoms with Gasteiger partial charge in [-0.05, 0) is 24.3 Å². The Balaban J connectivity index is 1.81. The molecule has 1 aliphatic rings. The number of ether oxygens (including phenoxy) is 2. The van der Waals surface area contributed by atoms with Crippen LogP contribution in [0.25, 0.3) is 0 Å². The van der Waals surface area contributed by atoms with E-state index in [0.717, 1.165) is 12.1 Å². The Kier molecular flexibility index (Phi) is 6.71. The van der Waals surface area contributed by atoms with E-state index in [2.05, 4.69) is 0 Å². The van der Waals surface area contributed by atoms with Crippen molar-refractivity contribution < 1.29 is 35.9 Å². The zero-order valence-corrected chi connectivity index (χ0v) is 17.1. The maximum absolute atomic E-state index is 13.1. The monoisotopic (exact) mass is 463 g/mol. The van der Waals surface area contributed by atoms with Crippen LogP contribution in [0.5, 0.6) is 0 Å². The number of halogens is 4. The highest BCUT2D eigenvalue weighted by molar-refractivity contribution is 7.89. The topological polar surface area (TPSA) is 72.9 Å². The third-order valence-electron chi connectivity index (χ3n) is 4.45. The van der Waals surface area contributed by atoms with E-state index in [9.17, 15) is 26.4 Å². The summed E-state index contributed by atoms with van der Waals surface area (Å²) in [5, 5.41) is -0.0787. The second-order valence-electron chi connectivity index (χ2n) is 6.39. The fourth-order valence-electron chi connectivity index (χ4n) is 2.90. The fraction of sp³-hybridized carbons (Fsp3) is 0.316. The third kappa shape index (κ3) is 4.94. The van der Waals surface area contributed by atoms with Crippen molar-refractivity contribution in [3.05, 3.63) is 64.2 Å².